The highest BCUT2D eigenvalue weighted by Gasteiger charge is 2.17. The third-order valence-electron chi connectivity index (χ3n) is 2.67. The van der Waals surface area contributed by atoms with E-state index in [1.165, 1.54) is 10.9 Å². The molecule has 2 aromatic heterocycles. The first-order valence-corrected chi connectivity index (χ1v) is 6.91. The van der Waals surface area contributed by atoms with Gasteiger partial charge in [0.1, 0.15) is 0 Å². The summed E-state index contributed by atoms with van der Waals surface area (Å²) in [6.45, 7) is 6.84. The summed E-state index contributed by atoms with van der Waals surface area (Å²) < 4.78 is 5.02. The maximum Gasteiger partial charge on any atom is 0.251 e. The van der Waals surface area contributed by atoms with Crippen molar-refractivity contribution in [1.29, 1.82) is 0 Å². The lowest BCUT2D eigenvalue weighted by atomic mass is 9.95. The van der Waals surface area contributed by atoms with E-state index in [2.05, 4.69) is 36.8 Å². The summed E-state index contributed by atoms with van der Waals surface area (Å²) in [7, 11) is 1.59. The molecule has 0 fully saturated rings. The van der Waals surface area contributed by atoms with Gasteiger partial charge in [-0.05, 0) is 17.5 Å². The van der Waals surface area contributed by atoms with Crippen LogP contribution in [0.4, 0.5) is 0 Å². The first kappa shape index (κ1) is 14.0. The van der Waals surface area contributed by atoms with Crippen molar-refractivity contribution in [3.8, 4) is 10.7 Å². The summed E-state index contributed by atoms with van der Waals surface area (Å²) in [5, 5.41) is 0. The molecule has 0 spiro atoms. The van der Waals surface area contributed by atoms with Crippen LogP contribution >= 0.6 is 11.3 Å². The predicted molar refractivity (Wildman–Crippen MR) is 77.6 cm³/mol. The molecule has 1 N–H and O–H groups in total. The van der Waals surface area contributed by atoms with Crippen molar-refractivity contribution < 1.29 is 4.74 Å². The van der Waals surface area contributed by atoms with Crippen LogP contribution < -0.4 is 5.56 Å². The summed E-state index contributed by atoms with van der Waals surface area (Å²) in [6.07, 6.45) is 0. The predicted octanol–water partition coefficient (Wildman–Crippen LogP) is 2.94. The van der Waals surface area contributed by atoms with Crippen LogP contribution in [0.2, 0.25) is 0 Å². The summed E-state index contributed by atoms with van der Waals surface area (Å²) >= 11 is 1.65. The SMILES string of the molecule is COCc1cc(=O)[nH]c(-c2ccc(C(C)(C)C)s2)n1. The van der Waals surface area contributed by atoms with Gasteiger partial charge in [-0.15, -0.1) is 11.3 Å². The van der Waals surface area contributed by atoms with E-state index in [1.54, 1.807) is 18.4 Å². The number of nitrogens with zero attached hydrogens (tertiary/aromatic N) is 1. The average molecular weight is 278 g/mol. The average Bonchev–Trinajstić information content (AvgIpc) is 2.77. The Labute approximate surface area is 116 Å². The van der Waals surface area contributed by atoms with Gasteiger partial charge in [0.05, 0.1) is 17.2 Å². The van der Waals surface area contributed by atoms with E-state index in [9.17, 15) is 4.79 Å². The Morgan fingerprint density at radius 3 is 2.68 bits per heavy atom. The van der Waals surface area contributed by atoms with Crippen LogP contribution in [0.5, 0.6) is 0 Å². The second-order valence-corrected chi connectivity index (χ2v) is 6.52. The number of ether oxygens (including phenoxy) is 1. The summed E-state index contributed by atoms with van der Waals surface area (Å²) in [5.74, 6) is 0.611. The topological polar surface area (TPSA) is 55.0 Å². The number of hydrogen-bond donors (Lipinski definition) is 1. The zero-order valence-electron chi connectivity index (χ0n) is 11.6. The fourth-order valence-corrected chi connectivity index (χ4v) is 2.72. The normalized spacial score (nSPS) is 11.8. The minimum absolute atomic E-state index is 0.105. The molecule has 0 radical (unpaired) electrons. The van der Waals surface area contributed by atoms with Gasteiger partial charge in [0, 0.05) is 18.1 Å². The van der Waals surface area contributed by atoms with Crippen LogP contribution in [-0.4, -0.2) is 17.1 Å². The molecule has 0 unspecified atom stereocenters. The molecule has 0 aliphatic carbocycles. The Balaban J connectivity index is 2.41. The molecular formula is C14H18N2O2S. The lowest BCUT2D eigenvalue weighted by Gasteiger charge is -2.15. The van der Waals surface area contributed by atoms with E-state index >= 15 is 0 Å². The van der Waals surface area contributed by atoms with Crippen molar-refractivity contribution in [3.63, 3.8) is 0 Å². The number of nitrogens with one attached hydrogen (secondary N) is 1. The fraction of sp³-hybridized carbons (Fsp3) is 0.429. The van der Waals surface area contributed by atoms with Gasteiger partial charge in [-0.1, -0.05) is 20.8 Å². The van der Waals surface area contributed by atoms with Crippen molar-refractivity contribution in [1.82, 2.24) is 9.97 Å². The van der Waals surface area contributed by atoms with Crippen molar-refractivity contribution in [2.24, 2.45) is 0 Å². The third kappa shape index (κ3) is 3.30. The molecule has 0 amide bonds. The Hall–Kier alpha value is -1.46. The molecule has 0 aliphatic rings. The number of rotatable bonds is 3. The molecule has 0 atom stereocenters. The number of hydrogen-bond acceptors (Lipinski definition) is 4. The molecule has 0 saturated heterocycles. The highest BCUT2D eigenvalue weighted by Crippen LogP contribution is 2.33. The van der Waals surface area contributed by atoms with E-state index < -0.39 is 0 Å². The molecule has 4 nitrogen and oxygen atoms in total. The quantitative estimate of drug-likeness (QED) is 0.939. The Bertz CT molecular complexity index is 623. The number of aromatic nitrogens is 2. The van der Waals surface area contributed by atoms with Gasteiger partial charge in [0.2, 0.25) is 0 Å². The van der Waals surface area contributed by atoms with Crippen LogP contribution in [0.25, 0.3) is 10.7 Å². The van der Waals surface area contributed by atoms with Gasteiger partial charge >= 0.3 is 0 Å². The largest absolute Gasteiger partial charge is 0.378 e. The molecule has 0 aromatic carbocycles. The molecule has 0 saturated carbocycles. The van der Waals surface area contributed by atoms with E-state index in [0.29, 0.717) is 18.1 Å². The first-order chi connectivity index (χ1) is 8.90. The molecule has 0 bridgehead atoms. The first-order valence-electron chi connectivity index (χ1n) is 6.10. The molecule has 102 valence electrons. The Morgan fingerprint density at radius 1 is 1.37 bits per heavy atom. The standard InChI is InChI=1S/C14H18N2O2S/c1-14(2,3)11-6-5-10(19-11)13-15-9(8-18-4)7-12(17)16-13/h5-7H,8H2,1-4H3,(H,15,16,17). The molecular weight excluding hydrogens is 260 g/mol. The number of aromatic amines is 1. The van der Waals surface area contributed by atoms with Gasteiger partial charge in [-0.3, -0.25) is 4.79 Å². The summed E-state index contributed by atoms with van der Waals surface area (Å²) in [5.41, 5.74) is 0.600. The van der Waals surface area contributed by atoms with Crippen LogP contribution in [-0.2, 0) is 16.8 Å². The second kappa shape index (κ2) is 5.27. The molecule has 2 aromatic rings. The molecule has 2 rings (SSSR count). The van der Waals surface area contributed by atoms with Crippen molar-refractivity contribution >= 4 is 11.3 Å². The van der Waals surface area contributed by atoms with Gasteiger partial charge < -0.3 is 9.72 Å². The van der Waals surface area contributed by atoms with Crippen molar-refractivity contribution in [3.05, 3.63) is 39.1 Å². The highest BCUT2D eigenvalue weighted by atomic mass is 32.1. The lowest BCUT2D eigenvalue weighted by Crippen LogP contribution is -2.10. The molecule has 2 heterocycles. The van der Waals surface area contributed by atoms with Crippen LogP contribution in [0, 0.1) is 0 Å². The summed E-state index contributed by atoms with van der Waals surface area (Å²) in [4.78, 5) is 21.0. The molecule has 0 aliphatic heterocycles. The Morgan fingerprint density at radius 2 is 2.11 bits per heavy atom. The lowest BCUT2D eigenvalue weighted by molar-refractivity contribution is 0.181. The number of thiophene rings is 1. The van der Waals surface area contributed by atoms with Crippen LogP contribution in [0.3, 0.4) is 0 Å². The van der Waals surface area contributed by atoms with Crippen molar-refractivity contribution in [2.45, 2.75) is 32.8 Å². The third-order valence-corrected chi connectivity index (χ3v) is 4.18. The zero-order valence-corrected chi connectivity index (χ0v) is 12.4. The van der Waals surface area contributed by atoms with Crippen LogP contribution in [0.1, 0.15) is 31.3 Å². The zero-order chi connectivity index (χ0) is 14.0. The molecule has 19 heavy (non-hydrogen) atoms. The van der Waals surface area contributed by atoms with Gasteiger partial charge in [-0.2, -0.15) is 0 Å². The van der Waals surface area contributed by atoms with Gasteiger partial charge in [0.25, 0.3) is 5.56 Å². The summed E-state index contributed by atoms with van der Waals surface area (Å²) in [6, 6.07) is 5.55. The molecule has 5 heteroatoms. The smallest absolute Gasteiger partial charge is 0.251 e. The van der Waals surface area contributed by atoms with E-state index in [-0.39, 0.29) is 11.0 Å². The maximum absolute atomic E-state index is 11.6. The highest BCUT2D eigenvalue weighted by molar-refractivity contribution is 7.15. The van der Waals surface area contributed by atoms with E-state index in [1.807, 2.05) is 6.07 Å². The van der Waals surface area contributed by atoms with Crippen LogP contribution in [0.15, 0.2) is 23.0 Å². The Kier molecular flexibility index (Phi) is 3.87. The fourth-order valence-electron chi connectivity index (χ4n) is 1.71. The number of methoxy groups -OCH3 is 1. The minimum Gasteiger partial charge on any atom is -0.378 e. The maximum atomic E-state index is 11.6. The van der Waals surface area contributed by atoms with Gasteiger partial charge in [0.15, 0.2) is 5.82 Å². The van der Waals surface area contributed by atoms with Gasteiger partial charge in [-0.25, -0.2) is 4.98 Å². The van der Waals surface area contributed by atoms with E-state index in [4.69, 9.17) is 4.74 Å². The van der Waals surface area contributed by atoms with Crippen molar-refractivity contribution in [2.75, 3.05) is 7.11 Å². The minimum atomic E-state index is -0.150. The number of H-pyrrole nitrogens is 1. The second-order valence-electron chi connectivity index (χ2n) is 5.43. The monoisotopic (exact) mass is 278 g/mol. The van der Waals surface area contributed by atoms with E-state index in [0.717, 1.165) is 4.88 Å².